The van der Waals surface area contributed by atoms with Gasteiger partial charge in [0.15, 0.2) is 4.90 Å². The van der Waals surface area contributed by atoms with Gasteiger partial charge in [-0.2, -0.15) is 0 Å². The molecule has 0 radical (unpaired) electrons. The normalized spacial score (nSPS) is 12.1. The molecule has 116 valence electrons. The van der Waals surface area contributed by atoms with Crippen molar-refractivity contribution >= 4 is 27.3 Å². The maximum atomic E-state index is 12.2. The number of carbonyl (C=O) groups excluding carboxylic acids is 1. The Kier molecular flexibility index (Phi) is 4.54. The number of hydrogen-bond acceptors (Lipinski definition) is 6. The number of anilines is 1. The Morgan fingerprint density at radius 2 is 2.00 bits per heavy atom. The number of nitrogens with zero attached hydrogens (tertiary/aromatic N) is 1. The second kappa shape index (κ2) is 5.66. The Hall–Kier alpha value is -2.20. The summed E-state index contributed by atoms with van der Waals surface area (Å²) in [5.41, 5.74) is 8.47. The molecule has 0 aliphatic heterocycles. The highest BCUT2D eigenvalue weighted by Crippen LogP contribution is 2.29. The lowest BCUT2D eigenvalue weighted by Gasteiger charge is -2.20. The van der Waals surface area contributed by atoms with E-state index in [0.29, 0.717) is 0 Å². The van der Waals surface area contributed by atoms with Gasteiger partial charge in [0, 0.05) is 6.54 Å². The Balaban J connectivity index is 3.19. The largest absolute Gasteiger partial charge is 0.393 e. The summed E-state index contributed by atoms with van der Waals surface area (Å²) in [5, 5.41) is 11.0. The van der Waals surface area contributed by atoms with Crippen LogP contribution in [0.1, 0.15) is 13.8 Å². The zero-order chi connectivity index (χ0) is 16.4. The number of nitrogen functional groups attached to an aromatic ring is 1. The van der Waals surface area contributed by atoms with Crippen LogP contribution < -0.4 is 16.2 Å². The fourth-order valence-electron chi connectivity index (χ4n) is 1.39. The number of primary amides is 1. The summed E-state index contributed by atoms with van der Waals surface area (Å²) in [6.07, 6.45) is 0. The maximum Gasteiger partial charge on any atom is 0.312 e. The zero-order valence-electron chi connectivity index (χ0n) is 11.5. The molecule has 0 heterocycles. The van der Waals surface area contributed by atoms with Crippen molar-refractivity contribution < 1.29 is 18.1 Å². The summed E-state index contributed by atoms with van der Waals surface area (Å²) < 4.78 is 26.4. The lowest BCUT2D eigenvalue weighted by Crippen LogP contribution is -2.42. The molecule has 0 atom stereocenters. The van der Waals surface area contributed by atoms with E-state index < -0.39 is 36.9 Å². The minimum Gasteiger partial charge on any atom is -0.393 e. The molecule has 1 amide bonds. The molecular weight excluding hydrogens is 300 g/mol. The van der Waals surface area contributed by atoms with E-state index in [1.165, 1.54) is 26.0 Å². The van der Waals surface area contributed by atoms with Gasteiger partial charge in [-0.05, 0) is 26.0 Å². The van der Waals surface area contributed by atoms with Gasteiger partial charge >= 0.3 is 5.69 Å². The molecule has 0 bridgehead atoms. The molecule has 0 aliphatic rings. The molecule has 10 heteroatoms. The van der Waals surface area contributed by atoms with Gasteiger partial charge in [-0.3, -0.25) is 14.9 Å². The minimum absolute atomic E-state index is 0.267. The maximum absolute atomic E-state index is 12.2. The number of amides is 1. The highest BCUT2D eigenvalue weighted by atomic mass is 32.2. The number of nitrogens with one attached hydrogen (secondary N) is 1. The van der Waals surface area contributed by atoms with Crippen LogP contribution in [0.5, 0.6) is 0 Å². The number of hydrogen-bond donors (Lipinski definition) is 3. The van der Waals surface area contributed by atoms with E-state index in [0.717, 1.165) is 6.07 Å². The van der Waals surface area contributed by atoms with Crippen LogP contribution in [0.15, 0.2) is 23.1 Å². The first kappa shape index (κ1) is 16.9. The number of rotatable bonds is 6. The topological polar surface area (TPSA) is 158 Å². The van der Waals surface area contributed by atoms with E-state index in [-0.39, 0.29) is 12.2 Å². The summed E-state index contributed by atoms with van der Waals surface area (Å²) in [5.74, 6) is -0.702. The average molecular weight is 316 g/mol. The van der Waals surface area contributed by atoms with Crippen LogP contribution in [-0.4, -0.2) is 25.8 Å². The van der Waals surface area contributed by atoms with Crippen molar-refractivity contribution in [1.29, 1.82) is 0 Å². The molecule has 0 saturated heterocycles. The molecule has 1 aromatic rings. The van der Waals surface area contributed by atoms with Crippen LogP contribution in [-0.2, 0) is 14.8 Å². The SMILES string of the molecule is CC(C)(CNS(=O)(=O)c1cccc(N)c1[N+](=O)[O-])C(N)=O. The van der Waals surface area contributed by atoms with E-state index in [9.17, 15) is 23.3 Å². The first-order chi connectivity index (χ1) is 9.49. The first-order valence-electron chi connectivity index (χ1n) is 5.81. The van der Waals surface area contributed by atoms with Crippen LogP contribution in [0.25, 0.3) is 0 Å². The third-order valence-electron chi connectivity index (χ3n) is 2.87. The zero-order valence-corrected chi connectivity index (χ0v) is 12.3. The molecule has 21 heavy (non-hydrogen) atoms. The molecule has 1 rings (SSSR count). The third kappa shape index (κ3) is 3.67. The molecule has 0 fully saturated rings. The van der Waals surface area contributed by atoms with Crippen molar-refractivity contribution in [2.75, 3.05) is 12.3 Å². The summed E-state index contributed by atoms with van der Waals surface area (Å²) in [7, 11) is -4.20. The van der Waals surface area contributed by atoms with Crippen LogP contribution in [0, 0.1) is 15.5 Å². The number of para-hydroxylation sites is 1. The fourth-order valence-corrected chi connectivity index (χ4v) is 2.80. The number of benzene rings is 1. The van der Waals surface area contributed by atoms with Crippen LogP contribution in [0.3, 0.4) is 0 Å². The van der Waals surface area contributed by atoms with Crippen molar-refractivity contribution in [3.8, 4) is 0 Å². The van der Waals surface area contributed by atoms with Crippen molar-refractivity contribution in [2.45, 2.75) is 18.7 Å². The van der Waals surface area contributed by atoms with E-state index >= 15 is 0 Å². The predicted molar refractivity (Wildman–Crippen MR) is 75.7 cm³/mol. The molecule has 0 saturated carbocycles. The molecule has 1 aromatic carbocycles. The van der Waals surface area contributed by atoms with E-state index in [2.05, 4.69) is 4.72 Å². The molecule has 0 unspecified atom stereocenters. The van der Waals surface area contributed by atoms with Gasteiger partial charge in [-0.15, -0.1) is 0 Å². The van der Waals surface area contributed by atoms with E-state index in [4.69, 9.17) is 11.5 Å². The van der Waals surface area contributed by atoms with E-state index in [1.807, 2.05) is 0 Å². The standard InChI is InChI=1S/C11H16N4O5S/c1-11(2,10(13)16)6-14-21(19,20)8-5-3-4-7(12)9(8)15(17)18/h3-5,14H,6,12H2,1-2H3,(H2,13,16). The summed E-state index contributed by atoms with van der Waals surface area (Å²) >= 11 is 0. The van der Waals surface area contributed by atoms with Crippen LogP contribution in [0.2, 0.25) is 0 Å². The fraction of sp³-hybridized carbons (Fsp3) is 0.364. The Bertz CT molecular complexity index is 684. The highest BCUT2D eigenvalue weighted by molar-refractivity contribution is 7.89. The first-order valence-corrected chi connectivity index (χ1v) is 7.30. The van der Waals surface area contributed by atoms with Crippen LogP contribution >= 0.6 is 0 Å². The van der Waals surface area contributed by atoms with Gasteiger partial charge in [0.1, 0.15) is 5.69 Å². The number of nitrogens with two attached hydrogens (primary N) is 2. The second-order valence-corrected chi connectivity index (χ2v) is 6.76. The Morgan fingerprint density at radius 1 is 1.43 bits per heavy atom. The smallest absolute Gasteiger partial charge is 0.312 e. The van der Waals surface area contributed by atoms with Gasteiger partial charge in [-0.25, -0.2) is 13.1 Å². The van der Waals surface area contributed by atoms with Crippen molar-refractivity contribution in [1.82, 2.24) is 4.72 Å². The molecular formula is C11H16N4O5S. The molecule has 9 nitrogen and oxygen atoms in total. The van der Waals surface area contributed by atoms with Crippen LogP contribution in [0.4, 0.5) is 11.4 Å². The Morgan fingerprint density at radius 3 is 2.48 bits per heavy atom. The van der Waals surface area contributed by atoms with Gasteiger partial charge < -0.3 is 11.5 Å². The van der Waals surface area contributed by atoms with Gasteiger partial charge in [0.25, 0.3) is 0 Å². The summed E-state index contributed by atoms with van der Waals surface area (Å²) in [4.78, 5) is 20.7. The molecule has 0 spiro atoms. The summed E-state index contributed by atoms with van der Waals surface area (Å²) in [6.45, 7) is 2.61. The van der Waals surface area contributed by atoms with Crippen molar-refractivity contribution in [3.05, 3.63) is 28.3 Å². The third-order valence-corrected chi connectivity index (χ3v) is 4.31. The van der Waals surface area contributed by atoms with Crippen molar-refractivity contribution in [3.63, 3.8) is 0 Å². The number of sulfonamides is 1. The lowest BCUT2D eigenvalue weighted by molar-refractivity contribution is -0.386. The Labute approximate surface area is 121 Å². The molecule has 0 aliphatic carbocycles. The van der Waals surface area contributed by atoms with Gasteiger partial charge in [0.2, 0.25) is 15.9 Å². The number of nitro benzene ring substituents is 1. The quantitative estimate of drug-likeness (QED) is 0.379. The van der Waals surface area contributed by atoms with E-state index in [1.54, 1.807) is 0 Å². The minimum atomic E-state index is -4.20. The highest BCUT2D eigenvalue weighted by Gasteiger charge is 2.31. The molecule has 0 aromatic heterocycles. The second-order valence-electron chi connectivity index (χ2n) is 5.02. The number of nitro groups is 1. The molecule has 5 N–H and O–H groups in total. The monoisotopic (exact) mass is 316 g/mol. The lowest BCUT2D eigenvalue weighted by atomic mass is 9.93. The van der Waals surface area contributed by atoms with Crippen molar-refractivity contribution in [2.24, 2.45) is 11.1 Å². The predicted octanol–water partition coefficient (Wildman–Crippen LogP) is -0.0332. The summed E-state index contributed by atoms with van der Waals surface area (Å²) in [6, 6.07) is 3.58. The average Bonchev–Trinajstić information content (AvgIpc) is 2.35. The van der Waals surface area contributed by atoms with Gasteiger partial charge in [0.05, 0.1) is 10.3 Å². The number of carbonyl (C=O) groups is 1. The van der Waals surface area contributed by atoms with Gasteiger partial charge in [-0.1, -0.05) is 6.07 Å².